The van der Waals surface area contributed by atoms with Gasteiger partial charge in [-0.15, -0.1) is 0 Å². The molecule has 174 valence electrons. The molecule has 0 bridgehead atoms. The predicted octanol–water partition coefficient (Wildman–Crippen LogP) is 4.02. The van der Waals surface area contributed by atoms with Gasteiger partial charge < -0.3 is 9.47 Å². The Labute approximate surface area is 205 Å². The molecule has 2 heterocycles. The van der Waals surface area contributed by atoms with Crippen molar-refractivity contribution < 1.29 is 14.3 Å². The molecule has 0 fully saturated rings. The molecule has 0 saturated carbocycles. The predicted molar refractivity (Wildman–Crippen MR) is 134 cm³/mol. The molecule has 8 heteroatoms. The van der Waals surface area contributed by atoms with Crippen LogP contribution in [-0.4, -0.2) is 23.8 Å². The Hall–Kier alpha value is -3.42. The van der Waals surface area contributed by atoms with Crippen LogP contribution >= 0.6 is 22.9 Å². The Bertz CT molecular complexity index is 1430. The van der Waals surface area contributed by atoms with E-state index in [-0.39, 0.29) is 12.2 Å². The van der Waals surface area contributed by atoms with Gasteiger partial charge in [0.05, 0.1) is 28.5 Å². The molecule has 2 aromatic carbocycles. The van der Waals surface area contributed by atoms with Crippen LogP contribution in [0.5, 0.6) is 5.75 Å². The first kappa shape index (κ1) is 23.7. The third-order valence-electron chi connectivity index (χ3n) is 5.25. The van der Waals surface area contributed by atoms with Crippen LogP contribution in [-0.2, 0) is 9.53 Å². The van der Waals surface area contributed by atoms with Crippen molar-refractivity contribution >= 4 is 35.0 Å². The molecule has 0 radical (unpaired) electrons. The third-order valence-corrected chi connectivity index (χ3v) is 6.48. The van der Waals surface area contributed by atoms with Gasteiger partial charge in [-0.2, -0.15) is 0 Å². The van der Waals surface area contributed by atoms with E-state index in [1.807, 2.05) is 24.3 Å². The van der Waals surface area contributed by atoms with Crippen molar-refractivity contribution in [1.82, 2.24) is 4.57 Å². The summed E-state index contributed by atoms with van der Waals surface area (Å²) in [6, 6.07) is 13.9. The quantitative estimate of drug-likeness (QED) is 0.367. The molecule has 0 aliphatic carbocycles. The first-order chi connectivity index (χ1) is 16.4. The molecule has 1 unspecified atom stereocenters. The van der Waals surface area contributed by atoms with E-state index in [1.54, 1.807) is 54.8 Å². The maximum atomic E-state index is 13.6. The van der Waals surface area contributed by atoms with Gasteiger partial charge in [-0.05, 0) is 55.3 Å². The lowest BCUT2D eigenvalue weighted by Crippen LogP contribution is -2.39. The number of esters is 1. The van der Waals surface area contributed by atoms with Gasteiger partial charge in [-0.3, -0.25) is 9.36 Å². The number of carbonyl (C=O) groups is 1. The summed E-state index contributed by atoms with van der Waals surface area (Å²) >= 11 is 7.26. The number of thiazole rings is 1. The van der Waals surface area contributed by atoms with Gasteiger partial charge >= 0.3 is 5.97 Å². The van der Waals surface area contributed by atoms with Gasteiger partial charge in [0.25, 0.3) is 5.56 Å². The van der Waals surface area contributed by atoms with E-state index in [9.17, 15) is 9.59 Å². The van der Waals surface area contributed by atoms with E-state index >= 15 is 0 Å². The van der Waals surface area contributed by atoms with Crippen molar-refractivity contribution in [1.29, 1.82) is 0 Å². The summed E-state index contributed by atoms with van der Waals surface area (Å²) in [5, 5.41) is 0.619. The molecular formula is C26H23ClN2O4S. The highest BCUT2D eigenvalue weighted by molar-refractivity contribution is 7.07. The summed E-state index contributed by atoms with van der Waals surface area (Å²) in [4.78, 5) is 31.6. The van der Waals surface area contributed by atoms with Crippen molar-refractivity contribution in [2.24, 2.45) is 4.99 Å². The minimum Gasteiger partial charge on any atom is -0.490 e. The minimum absolute atomic E-state index is 0.220. The smallest absolute Gasteiger partial charge is 0.338 e. The van der Waals surface area contributed by atoms with E-state index in [4.69, 9.17) is 21.1 Å². The van der Waals surface area contributed by atoms with Gasteiger partial charge in [0.1, 0.15) is 12.4 Å². The van der Waals surface area contributed by atoms with Crippen LogP contribution in [0.1, 0.15) is 31.0 Å². The SMILES string of the molecule is C=CCOc1ccc(C2C(C(=O)OCC)=C(C)N=c3s/c(=C/c4ccc(Cl)cc4)c(=O)n32)cc1. The molecule has 4 rings (SSSR count). The lowest BCUT2D eigenvalue weighted by Gasteiger charge is -2.24. The highest BCUT2D eigenvalue weighted by Gasteiger charge is 2.33. The molecule has 0 saturated heterocycles. The minimum atomic E-state index is -0.670. The highest BCUT2D eigenvalue weighted by Crippen LogP contribution is 2.31. The summed E-state index contributed by atoms with van der Waals surface area (Å²) in [7, 11) is 0. The number of nitrogens with zero attached hydrogens (tertiary/aromatic N) is 2. The maximum absolute atomic E-state index is 13.6. The maximum Gasteiger partial charge on any atom is 0.338 e. The molecule has 3 aromatic rings. The zero-order valence-corrected chi connectivity index (χ0v) is 20.4. The molecular weight excluding hydrogens is 472 g/mol. The number of benzene rings is 2. The molecule has 0 spiro atoms. The van der Waals surface area contributed by atoms with Crippen LogP contribution in [0, 0.1) is 0 Å². The molecule has 0 N–H and O–H groups in total. The second-order valence-corrected chi connectivity index (χ2v) is 8.97. The second kappa shape index (κ2) is 10.2. The zero-order valence-electron chi connectivity index (χ0n) is 18.8. The third kappa shape index (κ3) is 4.76. The number of hydrogen-bond donors (Lipinski definition) is 0. The van der Waals surface area contributed by atoms with Crippen LogP contribution in [0.2, 0.25) is 5.02 Å². The molecule has 0 amide bonds. The van der Waals surface area contributed by atoms with Crippen molar-refractivity contribution in [3.63, 3.8) is 0 Å². The van der Waals surface area contributed by atoms with E-state index in [0.717, 1.165) is 11.1 Å². The number of carbonyl (C=O) groups excluding carboxylic acids is 1. The van der Waals surface area contributed by atoms with Crippen LogP contribution in [0.15, 0.2) is 82.2 Å². The van der Waals surface area contributed by atoms with E-state index in [0.29, 0.717) is 38.0 Å². The second-order valence-electron chi connectivity index (χ2n) is 7.52. The average molecular weight is 495 g/mol. The summed E-state index contributed by atoms with van der Waals surface area (Å²) in [6.07, 6.45) is 3.46. The first-order valence-electron chi connectivity index (χ1n) is 10.7. The number of aromatic nitrogens is 1. The fourth-order valence-electron chi connectivity index (χ4n) is 3.72. The van der Waals surface area contributed by atoms with E-state index in [1.165, 1.54) is 11.3 Å². The molecule has 1 aromatic heterocycles. The molecule has 34 heavy (non-hydrogen) atoms. The Balaban J connectivity index is 1.88. The van der Waals surface area contributed by atoms with E-state index < -0.39 is 12.0 Å². The number of ether oxygens (including phenoxy) is 2. The normalized spacial score (nSPS) is 15.5. The number of rotatable bonds is 7. The fraction of sp³-hybridized carbons (Fsp3) is 0.192. The number of fused-ring (bicyclic) bond motifs is 1. The van der Waals surface area contributed by atoms with Crippen molar-refractivity contribution in [2.45, 2.75) is 19.9 Å². The van der Waals surface area contributed by atoms with Gasteiger partial charge in [-0.25, -0.2) is 9.79 Å². The van der Waals surface area contributed by atoms with Crippen LogP contribution in [0.3, 0.4) is 0 Å². The topological polar surface area (TPSA) is 69.9 Å². The molecule has 1 aliphatic rings. The van der Waals surface area contributed by atoms with Gasteiger partial charge in [0.2, 0.25) is 0 Å². The summed E-state index contributed by atoms with van der Waals surface area (Å²) in [5.41, 5.74) is 2.23. The Morgan fingerprint density at radius 1 is 1.21 bits per heavy atom. The lowest BCUT2D eigenvalue weighted by molar-refractivity contribution is -0.139. The largest absolute Gasteiger partial charge is 0.490 e. The molecule has 1 aliphatic heterocycles. The molecule has 6 nitrogen and oxygen atoms in total. The highest BCUT2D eigenvalue weighted by atomic mass is 35.5. The summed E-state index contributed by atoms with van der Waals surface area (Å²) in [5.74, 6) is 0.171. The Kier molecular flexibility index (Phi) is 7.14. The van der Waals surface area contributed by atoms with Crippen molar-refractivity contribution in [2.75, 3.05) is 13.2 Å². The number of hydrogen-bond acceptors (Lipinski definition) is 6. The Morgan fingerprint density at radius 3 is 2.56 bits per heavy atom. The Morgan fingerprint density at radius 2 is 1.91 bits per heavy atom. The number of halogens is 1. The van der Waals surface area contributed by atoms with Gasteiger partial charge in [0, 0.05) is 5.02 Å². The summed E-state index contributed by atoms with van der Waals surface area (Å²) < 4.78 is 13.0. The van der Waals surface area contributed by atoms with Crippen molar-refractivity contribution in [3.05, 3.63) is 108 Å². The number of allylic oxidation sites excluding steroid dienone is 1. The van der Waals surface area contributed by atoms with E-state index in [2.05, 4.69) is 11.6 Å². The summed E-state index contributed by atoms with van der Waals surface area (Å²) in [6.45, 7) is 7.76. The van der Waals surface area contributed by atoms with Crippen LogP contribution < -0.4 is 19.6 Å². The van der Waals surface area contributed by atoms with Gasteiger partial charge in [-0.1, -0.05) is 59.9 Å². The standard InChI is InChI=1S/C26H23ClN2O4S/c1-4-14-33-20-12-8-18(9-13-20)23-22(25(31)32-5-2)16(3)28-26-29(23)24(30)21(34-26)15-17-6-10-19(27)11-7-17/h4,6-13,15,23H,1,5,14H2,2-3H3/b21-15+. The first-order valence-corrected chi connectivity index (χ1v) is 11.9. The average Bonchev–Trinajstić information content (AvgIpc) is 3.13. The van der Waals surface area contributed by atoms with Crippen LogP contribution in [0.25, 0.3) is 6.08 Å². The van der Waals surface area contributed by atoms with Gasteiger partial charge in [0.15, 0.2) is 4.80 Å². The molecule has 1 atom stereocenters. The van der Waals surface area contributed by atoms with Crippen molar-refractivity contribution in [3.8, 4) is 5.75 Å². The lowest BCUT2D eigenvalue weighted by atomic mass is 9.96. The monoisotopic (exact) mass is 494 g/mol. The fourth-order valence-corrected chi connectivity index (χ4v) is 4.89. The van der Waals surface area contributed by atoms with Crippen LogP contribution in [0.4, 0.5) is 0 Å². The zero-order chi connectivity index (χ0) is 24.2.